The zero-order chi connectivity index (χ0) is 12.1. The van der Waals surface area contributed by atoms with Crippen LogP contribution < -0.4 is 5.73 Å². The Bertz CT molecular complexity index is 441. The van der Waals surface area contributed by atoms with Crippen molar-refractivity contribution < 1.29 is 5.11 Å². The Balaban J connectivity index is 2.09. The van der Waals surface area contributed by atoms with Gasteiger partial charge < -0.3 is 10.8 Å². The van der Waals surface area contributed by atoms with Crippen LogP contribution in [0.5, 0.6) is 0 Å². The molecule has 0 bridgehead atoms. The minimum atomic E-state index is -0.913. The Hall–Kier alpha value is -1.16. The van der Waals surface area contributed by atoms with Crippen molar-refractivity contribution in [3.05, 3.63) is 58.3 Å². The Kier molecular flexibility index (Phi) is 3.94. The van der Waals surface area contributed by atoms with Gasteiger partial charge in [0.05, 0.1) is 0 Å². The molecule has 2 aromatic rings. The van der Waals surface area contributed by atoms with E-state index in [2.05, 4.69) is 16.8 Å². The molecule has 1 heterocycles. The molecule has 0 radical (unpaired) electrons. The lowest BCUT2D eigenvalue weighted by atomic mass is 9.88. The van der Waals surface area contributed by atoms with Gasteiger partial charge in [0.2, 0.25) is 0 Å². The summed E-state index contributed by atoms with van der Waals surface area (Å²) in [7, 11) is 0. The molecule has 0 amide bonds. The van der Waals surface area contributed by atoms with Crippen LogP contribution in [-0.4, -0.2) is 11.7 Å². The highest BCUT2D eigenvalue weighted by molar-refractivity contribution is 7.07. The van der Waals surface area contributed by atoms with Gasteiger partial charge in [-0.3, -0.25) is 0 Å². The van der Waals surface area contributed by atoms with Gasteiger partial charge >= 0.3 is 0 Å². The predicted molar refractivity (Wildman–Crippen MR) is 72.0 cm³/mol. The molecule has 2 nitrogen and oxygen atoms in total. The van der Waals surface area contributed by atoms with E-state index in [4.69, 9.17) is 5.73 Å². The summed E-state index contributed by atoms with van der Waals surface area (Å²) in [5.41, 5.74) is 6.98. The summed E-state index contributed by atoms with van der Waals surface area (Å²) in [5.74, 6) is 0. The highest BCUT2D eigenvalue weighted by Gasteiger charge is 2.26. The molecule has 0 aliphatic carbocycles. The average Bonchev–Trinajstić information content (AvgIpc) is 2.90. The fourth-order valence-electron chi connectivity index (χ4n) is 1.90. The second kappa shape index (κ2) is 5.45. The number of rotatable bonds is 5. The summed E-state index contributed by atoms with van der Waals surface area (Å²) >= 11 is 1.68. The minimum absolute atomic E-state index is 0.251. The first-order chi connectivity index (χ1) is 8.24. The summed E-state index contributed by atoms with van der Waals surface area (Å²) in [4.78, 5) is 0. The molecule has 0 aliphatic rings. The van der Waals surface area contributed by atoms with Crippen molar-refractivity contribution in [1.29, 1.82) is 0 Å². The van der Waals surface area contributed by atoms with E-state index in [1.807, 2.05) is 30.3 Å². The number of nitrogens with two attached hydrogens (primary N) is 1. The summed E-state index contributed by atoms with van der Waals surface area (Å²) in [6.07, 6.45) is 1.51. The topological polar surface area (TPSA) is 46.2 Å². The normalized spacial score (nSPS) is 14.5. The number of aryl methyl sites for hydroxylation is 1. The van der Waals surface area contributed by atoms with Crippen LogP contribution >= 0.6 is 11.3 Å². The van der Waals surface area contributed by atoms with Crippen LogP contribution in [0, 0.1) is 0 Å². The smallest absolute Gasteiger partial charge is 0.102 e. The first kappa shape index (κ1) is 12.3. The van der Waals surface area contributed by atoms with Gasteiger partial charge in [0, 0.05) is 6.54 Å². The summed E-state index contributed by atoms with van der Waals surface area (Å²) in [6.45, 7) is 0.251. The monoisotopic (exact) mass is 247 g/mol. The molecule has 3 N–H and O–H groups in total. The van der Waals surface area contributed by atoms with Gasteiger partial charge in [0.25, 0.3) is 0 Å². The van der Waals surface area contributed by atoms with Gasteiger partial charge in [-0.15, -0.1) is 0 Å². The molecule has 17 heavy (non-hydrogen) atoms. The molecule has 2 rings (SSSR count). The number of thiophene rings is 1. The molecule has 3 heteroatoms. The molecule has 90 valence electrons. The lowest BCUT2D eigenvalue weighted by Crippen LogP contribution is -2.35. The predicted octanol–water partition coefficient (Wildman–Crippen LogP) is 2.53. The molecular formula is C14H17NOS. The van der Waals surface area contributed by atoms with E-state index in [0.29, 0.717) is 6.42 Å². The zero-order valence-electron chi connectivity index (χ0n) is 9.67. The second-order valence-electron chi connectivity index (χ2n) is 4.23. The van der Waals surface area contributed by atoms with Crippen LogP contribution in [0.4, 0.5) is 0 Å². The highest BCUT2D eigenvalue weighted by atomic mass is 32.1. The van der Waals surface area contributed by atoms with E-state index in [0.717, 1.165) is 12.0 Å². The molecule has 0 saturated heterocycles. The minimum Gasteiger partial charge on any atom is -0.384 e. The maximum absolute atomic E-state index is 10.6. The number of aliphatic hydroxyl groups is 1. The Morgan fingerprint density at radius 3 is 2.53 bits per heavy atom. The third kappa shape index (κ3) is 2.94. The van der Waals surface area contributed by atoms with E-state index in [1.165, 1.54) is 5.56 Å². The maximum Gasteiger partial charge on any atom is 0.102 e. The number of benzene rings is 1. The second-order valence-corrected chi connectivity index (χ2v) is 5.01. The van der Waals surface area contributed by atoms with Gasteiger partial charge in [-0.05, 0) is 40.8 Å². The van der Waals surface area contributed by atoms with Gasteiger partial charge in [-0.2, -0.15) is 11.3 Å². The fourth-order valence-corrected chi connectivity index (χ4v) is 2.60. The molecule has 1 aromatic heterocycles. The van der Waals surface area contributed by atoms with Crippen molar-refractivity contribution in [3.8, 4) is 0 Å². The van der Waals surface area contributed by atoms with Gasteiger partial charge in [0.1, 0.15) is 5.60 Å². The largest absolute Gasteiger partial charge is 0.384 e. The Morgan fingerprint density at radius 2 is 1.94 bits per heavy atom. The van der Waals surface area contributed by atoms with Crippen molar-refractivity contribution in [3.63, 3.8) is 0 Å². The van der Waals surface area contributed by atoms with Crippen molar-refractivity contribution in [2.75, 3.05) is 6.54 Å². The lowest BCUT2D eigenvalue weighted by Gasteiger charge is -2.27. The van der Waals surface area contributed by atoms with E-state index < -0.39 is 5.60 Å². The van der Waals surface area contributed by atoms with Gasteiger partial charge in [-0.25, -0.2) is 0 Å². The summed E-state index contributed by atoms with van der Waals surface area (Å²) in [5, 5.41) is 14.7. The van der Waals surface area contributed by atoms with Gasteiger partial charge in [-0.1, -0.05) is 30.3 Å². The van der Waals surface area contributed by atoms with Crippen molar-refractivity contribution >= 4 is 11.3 Å². The standard InChI is InChI=1S/C14H17NOS/c15-11-14(16,13-4-2-1-3-5-13)8-6-12-7-9-17-10-12/h1-5,7,9-10,16H,6,8,11,15H2. The summed E-state index contributed by atoms with van der Waals surface area (Å²) < 4.78 is 0. The quantitative estimate of drug-likeness (QED) is 0.853. The van der Waals surface area contributed by atoms with E-state index in [-0.39, 0.29) is 6.54 Å². The molecule has 0 spiro atoms. The Labute approximate surface area is 106 Å². The highest BCUT2D eigenvalue weighted by Crippen LogP contribution is 2.26. The first-order valence-electron chi connectivity index (χ1n) is 5.74. The molecule has 1 atom stereocenters. The SMILES string of the molecule is NCC(O)(CCc1ccsc1)c1ccccc1. The third-order valence-corrected chi connectivity index (χ3v) is 3.79. The van der Waals surface area contributed by atoms with Crippen LogP contribution in [0.15, 0.2) is 47.2 Å². The molecule has 1 unspecified atom stereocenters. The van der Waals surface area contributed by atoms with E-state index in [9.17, 15) is 5.11 Å². The summed E-state index contributed by atoms with van der Waals surface area (Å²) in [6, 6.07) is 11.8. The third-order valence-electron chi connectivity index (χ3n) is 3.06. The first-order valence-corrected chi connectivity index (χ1v) is 6.68. The number of hydrogen-bond acceptors (Lipinski definition) is 3. The maximum atomic E-state index is 10.6. The molecule has 0 saturated carbocycles. The average molecular weight is 247 g/mol. The molecular weight excluding hydrogens is 230 g/mol. The van der Waals surface area contributed by atoms with Crippen molar-refractivity contribution in [1.82, 2.24) is 0 Å². The molecule has 1 aromatic carbocycles. The lowest BCUT2D eigenvalue weighted by molar-refractivity contribution is 0.0370. The fraction of sp³-hybridized carbons (Fsp3) is 0.286. The van der Waals surface area contributed by atoms with Crippen LogP contribution in [0.25, 0.3) is 0 Å². The Morgan fingerprint density at radius 1 is 1.18 bits per heavy atom. The van der Waals surface area contributed by atoms with Gasteiger partial charge in [0.15, 0.2) is 0 Å². The van der Waals surface area contributed by atoms with Crippen LogP contribution in [-0.2, 0) is 12.0 Å². The van der Waals surface area contributed by atoms with Crippen LogP contribution in [0.3, 0.4) is 0 Å². The van der Waals surface area contributed by atoms with Crippen molar-refractivity contribution in [2.45, 2.75) is 18.4 Å². The van der Waals surface area contributed by atoms with Crippen molar-refractivity contribution in [2.24, 2.45) is 5.73 Å². The van der Waals surface area contributed by atoms with E-state index >= 15 is 0 Å². The zero-order valence-corrected chi connectivity index (χ0v) is 10.5. The van der Waals surface area contributed by atoms with Crippen LogP contribution in [0.1, 0.15) is 17.5 Å². The molecule has 0 fully saturated rings. The van der Waals surface area contributed by atoms with E-state index in [1.54, 1.807) is 11.3 Å². The molecule has 0 aliphatic heterocycles. The van der Waals surface area contributed by atoms with Crippen LogP contribution in [0.2, 0.25) is 0 Å². The number of hydrogen-bond donors (Lipinski definition) is 2.